The van der Waals surface area contributed by atoms with E-state index in [1.54, 1.807) is 38.5 Å². The number of nitrogens with one attached hydrogen (secondary N) is 1. The van der Waals surface area contributed by atoms with Gasteiger partial charge in [0.15, 0.2) is 0 Å². The highest BCUT2D eigenvalue weighted by Gasteiger charge is 2.20. The fraction of sp³-hybridized carbons (Fsp3) is 0.294. The van der Waals surface area contributed by atoms with Gasteiger partial charge in [-0.15, -0.1) is 0 Å². The molecule has 1 N–H and O–H groups in total. The lowest BCUT2D eigenvalue weighted by molar-refractivity contribution is 0.203. The minimum absolute atomic E-state index is 0.292. The van der Waals surface area contributed by atoms with E-state index in [0.29, 0.717) is 17.9 Å². The molecule has 1 aromatic carbocycles. The van der Waals surface area contributed by atoms with Crippen LogP contribution in [0.2, 0.25) is 0 Å². The molecule has 0 saturated heterocycles. The Labute approximate surface area is 135 Å². The Balaban J connectivity index is 2.05. The first kappa shape index (κ1) is 16.7. The van der Waals surface area contributed by atoms with Gasteiger partial charge in [-0.05, 0) is 36.8 Å². The summed E-state index contributed by atoms with van der Waals surface area (Å²) < 4.78 is 19.2. The fourth-order valence-electron chi connectivity index (χ4n) is 2.32. The summed E-state index contributed by atoms with van der Waals surface area (Å²) in [4.78, 5) is 17.7. The van der Waals surface area contributed by atoms with E-state index in [0.717, 1.165) is 5.56 Å². The number of halogens is 1. The van der Waals surface area contributed by atoms with Crippen molar-refractivity contribution in [2.45, 2.75) is 19.5 Å². The van der Waals surface area contributed by atoms with Crippen LogP contribution in [0.25, 0.3) is 0 Å². The van der Waals surface area contributed by atoms with Crippen molar-refractivity contribution in [2.24, 2.45) is 0 Å². The summed E-state index contributed by atoms with van der Waals surface area (Å²) in [5.41, 5.74) is 1.30. The monoisotopic (exact) mass is 317 g/mol. The van der Waals surface area contributed by atoms with Gasteiger partial charge >= 0.3 is 6.03 Å². The highest BCUT2D eigenvalue weighted by atomic mass is 19.1. The van der Waals surface area contributed by atoms with Crippen molar-refractivity contribution in [3.05, 3.63) is 59.7 Å². The number of nitrogens with zero attached hydrogens (tertiary/aromatic N) is 2. The quantitative estimate of drug-likeness (QED) is 0.922. The second-order valence-corrected chi connectivity index (χ2v) is 5.24. The minimum Gasteiger partial charge on any atom is -0.496 e. The van der Waals surface area contributed by atoms with Crippen LogP contribution >= 0.6 is 0 Å². The van der Waals surface area contributed by atoms with Crippen LogP contribution in [-0.2, 0) is 6.54 Å². The number of carbonyl (C=O) groups is 1. The Morgan fingerprint density at radius 1 is 1.35 bits per heavy atom. The molecule has 2 aromatic rings. The van der Waals surface area contributed by atoms with E-state index >= 15 is 0 Å². The fourth-order valence-corrected chi connectivity index (χ4v) is 2.32. The molecule has 2 amide bonds. The van der Waals surface area contributed by atoms with E-state index in [9.17, 15) is 9.18 Å². The summed E-state index contributed by atoms with van der Waals surface area (Å²) in [6.45, 7) is 2.16. The third-order valence-electron chi connectivity index (χ3n) is 3.52. The number of aromatic nitrogens is 1. The minimum atomic E-state index is -0.515. The van der Waals surface area contributed by atoms with Gasteiger partial charge in [-0.3, -0.25) is 4.98 Å². The van der Waals surface area contributed by atoms with Crippen molar-refractivity contribution in [2.75, 3.05) is 14.2 Å². The number of urea groups is 1. The largest absolute Gasteiger partial charge is 0.496 e. The highest BCUT2D eigenvalue weighted by molar-refractivity contribution is 5.74. The molecule has 0 fully saturated rings. The smallest absolute Gasteiger partial charge is 0.317 e. The molecule has 1 aromatic heterocycles. The van der Waals surface area contributed by atoms with Gasteiger partial charge in [0, 0.05) is 26.0 Å². The number of amides is 2. The molecule has 122 valence electrons. The lowest BCUT2D eigenvalue weighted by Crippen LogP contribution is -2.38. The number of pyridine rings is 1. The number of ether oxygens (including phenoxy) is 1. The van der Waals surface area contributed by atoms with Gasteiger partial charge in [0.2, 0.25) is 0 Å². The van der Waals surface area contributed by atoms with Gasteiger partial charge in [0.25, 0.3) is 0 Å². The maximum absolute atomic E-state index is 14.0. The number of hydrogen-bond acceptors (Lipinski definition) is 3. The van der Waals surface area contributed by atoms with Gasteiger partial charge in [0.05, 0.1) is 18.7 Å². The molecular weight excluding hydrogens is 297 g/mol. The zero-order chi connectivity index (χ0) is 16.8. The van der Waals surface area contributed by atoms with Crippen molar-refractivity contribution in [1.82, 2.24) is 15.2 Å². The molecule has 23 heavy (non-hydrogen) atoms. The van der Waals surface area contributed by atoms with Crippen LogP contribution in [0.3, 0.4) is 0 Å². The van der Waals surface area contributed by atoms with Crippen LogP contribution in [0, 0.1) is 5.82 Å². The first-order chi connectivity index (χ1) is 11.0. The van der Waals surface area contributed by atoms with Crippen LogP contribution in [0.4, 0.5) is 9.18 Å². The normalized spacial score (nSPS) is 11.7. The molecule has 0 aliphatic rings. The van der Waals surface area contributed by atoms with Gasteiger partial charge in [-0.25, -0.2) is 9.18 Å². The number of hydrogen-bond donors (Lipinski definition) is 1. The number of benzene rings is 1. The van der Waals surface area contributed by atoms with Crippen molar-refractivity contribution in [1.29, 1.82) is 0 Å². The summed E-state index contributed by atoms with van der Waals surface area (Å²) in [5, 5.41) is 2.78. The maximum Gasteiger partial charge on any atom is 0.317 e. The second-order valence-electron chi connectivity index (χ2n) is 5.24. The molecule has 0 saturated carbocycles. The Morgan fingerprint density at radius 2 is 2.04 bits per heavy atom. The summed E-state index contributed by atoms with van der Waals surface area (Å²) in [5.74, 6) is 0.00326. The van der Waals surface area contributed by atoms with Gasteiger partial charge in [-0.1, -0.05) is 6.07 Å². The highest BCUT2D eigenvalue weighted by Crippen LogP contribution is 2.27. The average Bonchev–Trinajstić information content (AvgIpc) is 2.55. The summed E-state index contributed by atoms with van der Waals surface area (Å²) in [7, 11) is 3.16. The molecule has 2 rings (SSSR count). The molecule has 0 aliphatic heterocycles. The second kappa shape index (κ2) is 7.58. The maximum atomic E-state index is 14.0. The average molecular weight is 317 g/mol. The summed E-state index contributed by atoms with van der Waals surface area (Å²) in [6.07, 6.45) is 3.35. The molecule has 0 radical (unpaired) electrons. The number of carbonyl (C=O) groups excluding carboxylic acids is 1. The lowest BCUT2D eigenvalue weighted by atomic mass is 10.1. The van der Waals surface area contributed by atoms with Gasteiger partial charge in [-0.2, -0.15) is 0 Å². The number of rotatable bonds is 5. The molecule has 5 nitrogen and oxygen atoms in total. The van der Waals surface area contributed by atoms with Crippen LogP contribution in [0.15, 0.2) is 42.7 Å². The molecule has 1 atom stereocenters. The third kappa shape index (κ3) is 4.18. The summed E-state index contributed by atoms with van der Waals surface area (Å²) in [6, 6.07) is 7.46. The van der Waals surface area contributed by atoms with Gasteiger partial charge < -0.3 is 15.0 Å². The SMILES string of the molecule is COc1cccc(F)c1C(C)NC(=O)N(C)Cc1ccncc1. The summed E-state index contributed by atoms with van der Waals surface area (Å²) >= 11 is 0. The van der Waals surface area contributed by atoms with Crippen LogP contribution in [0.1, 0.15) is 24.1 Å². The zero-order valence-corrected chi connectivity index (χ0v) is 13.4. The van der Waals surface area contributed by atoms with E-state index in [1.807, 2.05) is 12.1 Å². The third-order valence-corrected chi connectivity index (χ3v) is 3.52. The first-order valence-electron chi connectivity index (χ1n) is 7.26. The molecule has 0 spiro atoms. The molecule has 1 heterocycles. The predicted molar refractivity (Wildman–Crippen MR) is 85.6 cm³/mol. The van der Waals surface area contributed by atoms with Crippen molar-refractivity contribution >= 4 is 6.03 Å². The molecule has 0 bridgehead atoms. The topological polar surface area (TPSA) is 54.5 Å². The molecular formula is C17H20FN3O2. The Bertz CT molecular complexity index is 664. The molecule has 6 heteroatoms. The van der Waals surface area contributed by atoms with Gasteiger partial charge in [0.1, 0.15) is 11.6 Å². The lowest BCUT2D eigenvalue weighted by Gasteiger charge is -2.23. The van der Waals surface area contributed by atoms with Crippen LogP contribution < -0.4 is 10.1 Å². The Kier molecular flexibility index (Phi) is 5.51. The standard InChI is InChI=1S/C17H20FN3O2/c1-12(16-14(18)5-4-6-15(16)23-3)20-17(22)21(2)11-13-7-9-19-10-8-13/h4-10,12H,11H2,1-3H3,(H,20,22). The molecule has 0 aliphatic carbocycles. The van der Waals surface area contributed by atoms with Crippen molar-refractivity contribution < 1.29 is 13.9 Å². The molecule has 1 unspecified atom stereocenters. The van der Waals surface area contributed by atoms with E-state index in [-0.39, 0.29) is 6.03 Å². The Morgan fingerprint density at radius 3 is 2.70 bits per heavy atom. The van der Waals surface area contributed by atoms with Crippen molar-refractivity contribution in [3.63, 3.8) is 0 Å². The van der Waals surface area contributed by atoms with E-state index in [1.165, 1.54) is 18.1 Å². The van der Waals surface area contributed by atoms with E-state index < -0.39 is 11.9 Å². The number of methoxy groups -OCH3 is 1. The van der Waals surface area contributed by atoms with E-state index in [4.69, 9.17) is 4.74 Å². The van der Waals surface area contributed by atoms with Crippen molar-refractivity contribution in [3.8, 4) is 5.75 Å². The predicted octanol–water partition coefficient (Wildman–Crippen LogP) is 3.13. The zero-order valence-electron chi connectivity index (χ0n) is 13.4. The van der Waals surface area contributed by atoms with E-state index in [2.05, 4.69) is 10.3 Å². The van der Waals surface area contributed by atoms with Crippen LogP contribution in [0.5, 0.6) is 5.75 Å². The Hall–Kier alpha value is -2.63. The first-order valence-corrected chi connectivity index (χ1v) is 7.26. The van der Waals surface area contributed by atoms with Crippen LogP contribution in [-0.4, -0.2) is 30.1 Å².